The van der Waals surface area contributed by atoms with E-state index < -0.39 is 24.0 Å². The van der Waals surface area contributed by atoms with E-state index in [9.17, 15) is 27.6 Å². The van der Waals surface area contributed by atoms with Gasteiger partial charge in [0.25, 0.3) is 5.56 Å². The normalized spacial score (nSPS) is 22.5. The lowest BCUT2D eigenvalue weighted by Gasteiger charge is -2.33. The maximum absolute atomic E-state index is 13.9. The molecule has 3 aliphatic rings. The molecule has 4 heterocycles. The van der Waals surface area contributed by atoms with Crippen molar-refractivity contribution in [2.24, 2.45) is 5.41 Å². The van der Waals surface area contributed by atoms with Crippen LogP contribution in [-0.2, 0) is 16.1 Å². The quantitative estimate of drug-likeness (QED) is 0.266. The molecule has 0 radical (unpaired) electrons. The Labute approximate surface area is 260 Å². The third-order valence-corrected chi connectivity index (χ3v) is 10.5. The first-order valence-electron chi connectivity index (χ1n) is 14.1. The zero-order chi connectivity index (χ0) is 30.3. The van der Waals surface area contributed by atoms with Crippen LogP contribution >= 0.6 is 31.9 Å². The molecule has 2 N–H and O–H groups in total. The van der Waals surface area contributed by atoms with Gasteiger partial charge in [-0.05, 0) is 91.8 Å². The average Bonchev–Trinajstić information content (AvgIpc) is 3.57. The Bertz CT molecular complexity index is 1860. The van der Waals surface area contributed by atoms with E-state index in [4.69, 9.17) is 0 Å². The summed E-state index contributed by atoms with van der Waals surface area (Å²) in [5, 5.41) is 8.66. The number of nitrogens with zero attached hydrogens (tertiary/aromatic N) is 3. The monoisotopic (exact) mass is 719 g/mol. The van der Waals surface area contributed by atoms with E-state index in [1.165, 1.54) is 0 Å². The minimum absolute atomic E-state index is 0.0222. The van der Waals surface area contributed by atoms with Crippen molar-refractivity contribution in [1.82, 2.24) is 25.0 Å². The second-order valence-electron chi connectivity index (χ2n) is 11.8. The Balaban J connectivity index is 1.14. The highest BCUT2D eigenvalue weighted by atomic mass is 79.9. The maximum Gasteiger partial charge on any atom is 0.406 e. The van der Waals surface area contributed by atoms with E-state index in [2.05, 4.69) is 47.0 Å². The first-order valence-corrected chi connectivity index (χ1v) is 15.6. The number of nitrogens with one attached hydrogen (secondary N) is 2. The molecule has 2 amide bonds. The second-order valence-corrected chi connectivity index (χ2v) is 13.5. The molecule has 13 heteroatoms. The summed E-state index contributed by atoms with van der Waals surface area (Å²) >= 11 is 6.96. The van der Waals surface area contributed by atoms with Crippen molar-refractivity contribution in [2.75, 3.05) is 19.6 Å². The Morgan fingerprint density at radius 3 is 2.58 bits per heavy atom. The standard InChI is InChI=1S/C30H26Br2F3N5O3/c31-21-10-18-19(24-25(21)37-38-26(24)32)13-40(14-30(33,34)35)28(43)29(11-20(18)29)12-23(41)39-7-5-15(6-8-39)17-9-16-3-1-2-4-22(16)36-27(17)42/h1-4,9-10,15,20H,5-8,11-14H2,(H,36,42)(H,37,38)/t20-,29?/m1/s1. The Morgan fingerprint density at radius 2 is 1.84 bits per heavy atom. The van der Waals surface area contributed by atoms with Crippen molar-refractivity contribution in [2.45, 2.75) is 50.2 Å². The predicted octanol–water partition coefficient (Wildman–Crippen LogP) is 6.10. The molecule has 7 rings (SSSR count). The first-order chi connectivity index (χ1) is 20.4. The highest BCUT2D eigenvalue weighted by Gasteiger charge is 2.65. The number of aromatic nitrogens is 3. The highest BCUT2D eigenvalue weighted by molar-refractivity contribution is 9.11. The summed E-state index contributed by atoms with van der Waals surface area (Å²) in [6.07, 6.45) is -3.29. The molecule has 8 nitrogen and oxygen atoms in total. The number of amides is 2. The van der Waals surface area contributed by atoms with Crippen LogP contribution in [0.3, 0.4) is 0 Å². The number of piperidine rings is 1. The van der Waals surface area contributed by atoms with Crippen LogP contribution in [0.25, 0.3) is 21.8 Å². The number of carbonyl (C=O) groups is 2. The fourth-order valence-electron chi connectivity index (χ4n) is 7.12. The van der Waals surface area contributed by atoms with Crippen LogP contribution in [-0.4, -0.2) is 62.6 Å². The molecule has 0 spiro atoms. The molecular weight excluding hydrogens is 695 g/mol. The van der Waals surface area contributed by atoms with E-state index in [-0.39, 0.29) is 36.3 Å². The van der Waals surface area contributed by atoms with E-state index in [1.54, 1.807) is 4.90 Å². The van der Waals surface area contributed by atoms with Gasteiger partial charge >= 0.3 is 6.18 Å². The molecule has 2 aromatic carbocycles. The largest absolute Gasteiger partial charge is 0.406 e. The maximum atomic E-state index is 13.9. The van der Waals surface area contributed by atoms with Gasteiger partial charge in [-0.15, -0.1) is 0 Å². The fourth-order valence-corrected chi connectivity index (χ4v) is 8.17. The number of benzene rings is 2. The number of hydrogen-bond acceptors (Lipinski definition) is 4. The van der Waals surface area contributed by atoms with Crippen LogP contribution in [0.2, 0.25) is 0 Å². The third kappa shape index (κ3) is 4.88. The number of rotatable bonds is 4. The Hall–Kier alpha value is -3.19. The molecule has 2 aliphatic heterocycles. The van der Waals surface area contributed by atoms with Gasteiger partial charge in [-0.3, -0.25) is 19.5 Å². The lowest BCUT2D eigenvalue weighted by Crippen LogP contribution is -2.45. The smallest absolute Gasteiger partial charge is 0.343 e. The predicted molar refractivity (Wildman–Crippen MR) is 160 cm³/mol. The van der Waals surface area contributed by atoms with Crippen LogP contribution in [0.1, 0.15) is 54.2 Å². The molecule has 224 valence electrons. The van der Waals surface area contributed by atoms with Gasteiger partial charge in [0.15, 0.2) is 0 Å². The summed E-state index contributed by atoms with van der Waals surface area (Å²) in [7, 11) is 0. The molecule has 2 atom stereocenters. The van der Waals surface area contributed by atoms with Gasteiger partial charge in [0.2, 0.25) is 11.8 Å². The molecule has 4 aromatic rings. The van der Waals surface area contributed by atoms with Crippen LogP contribution < -0.4 is 5.56 Å². The lowest BCUT2D eigenvalue weighted by atomic mass is 9.88. The highest BCUT2D eigenvalue weighted by Crippen LogP contribution is 2.65. The summed E-state index contributed by atoms with van der Waals surface area (Å²) in [5.74, 6) is -1.29. The lowest BCUT2D eigenvalue weighted by molar-refractivity contribution is -0.166. The van der Waals surface area contributed by atoms with Gasteiger partial charge in [-0.1, -0.05) is 18.2 Å². The van der Waals surface area contributed by atoms with Gasteiger partial charge in [0, 0.05) is 52.9 Å². The summed E-state index contributed by atoms with van der Waals surface area (Å²) < 4.78 is 42.3. The molecular formula is C30H26Br2F3N5O3. The number of alkyl halides is 3. The molecule has 1 aliphatic carbocycles. The average molecular weight is 721 g/mol. The number of aromatic amines is 2. The molecule has 2 fully saturated rings. The van der Waals surface area contributed by atoms with Gasteiger partial charge < -0.3 is 14.8 Å². The number of likely N-dealkylation sites (tertiary alicyclic amines) is 1. The van der Waals surface area contributed by atoms with Gasteiger partial charge in [-0.25, -0.2) is 0 Å². The number of halogens is 5. The number of carbonyl (C=O) groups excluding carboxylic acids is 2. The zero-order valence-corrected chi connectivity index (χ0v) is 25.9. The van der Waals surface area contributed by atoms with Gasteiger partial charge in [0.1, 0.15) is 16.7 Å². The second kappa shape index (κ2) is 10.2. The topological polar surface area (TPSA) is 102 Å². The van der Waals surface area contributed by atoms with E-state index in [0.29, 0.717) is 63.5 Å². The summed E-state index contributed by atoms with van der Waals surface area (Å²) in [6, 6.07) is 11.3. The van der Waals surface area contributed by atoms with Crippen molar-refractivity contribution >= 4 is 65.5 Å². The third-order valence-electron chi connectivity index (χ3n) is 9.30. The van der Waals surface area contributed by atoms with Crippen LogP contribution in [0.4, 0.5) is 13.2 Å². The zero-order valence-electron chi connectivity index (χ0n) is 22.7. The van der Waals surface area contributed by atoms with Crippen LogP contribution in [0, 0.1) is 5.41 Å². The first kappa shape index (κ1) is 28.6. The van der Waals surface area contributed by atoms with Crippen molar-refractivity contribution in [3.8, 4) is 0 Å². The van der Waals surface area contributed by atoms with Crippen LogP contribution in [0.5, 0.6) is 0 Å². The van der Waals surface area contributed by atoms with Gasteiger partial charge in [-0.2, -0.15) is 18.3 Å². The molecule has 1 unspecified atom stereocenters. The van der Waals surface area contributed by atoms with E-state index in [0.717, 1.165) is 21.4 Å². The molecule has 2 aromatic heterocycles. The van der Waals surface area contributed by atoms with Gasteiger partial charge in [0.05, 0.1) is 5.41 Å². The molecule has 1 saturated heterocycles. The Morgan fingerprint density at radius 1 is 1.09 bits per heavy atom. The van der Waals surface area contributed by atoms with E-state index in [1.807, 2.05) is 36.4 Å². The van der Waals surface area contributed by atoms with E-state index >= 15 is 0 Å². The minimum Gasteiger partial charge on any atom is -0.343 e. The fraction of sp³-hybridized carbons (Fsp3) is 0.400. The molecule has 1 saturated carbocycles. The number of pyridine rings is 1. The Kier molecular flexibility index (Phi) is 6.77. The minimum atomic E-state index is -4.60. The number of fused-ring (bicyclic) bond motifs is 6. The molecule has 0 bridgehead atoms. The van der Waals surface area contributed by atoms with Crippen molar-refractivity contribution in [3.63, 3.8) is 0 Å². The summed E-state index contributed by atoms with van der Waals surface area (Å²) in [5.41, 5.74) is 2.01. The number of para-hydroxylation sites is 1. The van der Waals surface area contributed by atoms with Crippen LogP contribution in [0.15, 0.2) is 50.3 Å². The molecule has 43 heavy (non-hydrogen) atoms. The summed E-state index contributed by atoms with van der Waals surface area (Å²) in [6.45, 7) is -0.816. The number of hydrogen-bond donors (Lipinski definition) is 2. The SMILES string of the molecule is O=C(CC12C[C@@H]1c1cc(Br)c3n[nH]c(Br)c3c1CN(CC(F)(F)F)C2=O)N1CCC(c2cc3ccccc3[nH]c2=O)CC1. The summed E-state index contributed by atoms with van der Waals surface area (Å²) in [4.78, 5) is 45.8. The van der Waals surface area contributed by atoms with Crippen molar-refractivity contribution in [3.05, 3.63) is 72.5 Å². The number of H-pyrrole nitrogens is 2. The van der Waals surface area contributed by atoms with Crippen molar-refractivity contribution in [1.29, 1.82) is 0 Å². The van der Waals surface area contributed by atoms with Crippen molar-refractivity contribution < 1.29 is 22.8 Å².